The smallest absolute Gasteiger partial charge is 0.124 e. The minimum Gasteiger partial charge on any atom is -0.493 e. The normalized spacial score (nSPS) is 14.0. The third-order valence-corrected chi connectivity index (χ3v) is 3.48. The Bertz CT molecular complexity index is 384. The highest BCUT2D eigenvalue weighted by molar-refractivity contribution is 5.32. The van der Waals surface area contributed by atoms with Gasteiger partial charge in [-0.15, -0.1) is 0 Å². The highest BCUT2D eigenvalue weighted by Crippen LogP contribution is 2.19. The molecule has 4 heteroatoms. The number of likely N-dealkylation sites (N-methyl/N-ethyl adjacent to an activating group) is 1. The summed E-state index contributed by atoms with van der Waals surface area (Å²) in [5.74, 6) is 0.756. The first kappa shape index (κ1) is 17.0. The number of nitrogens with one attached hydrogen (secondary N) is 1. The average molecular weight is 281 g/mol. The van der Waals surface area contributed by atoms with Crippen LogP contribution in [0.2, 0.25) is 0 Å². The minimum atomic E-state index is -0.197. The van der Waals surface area contributed by atoms with Crippen LogP contribution < -0.4 is 10.1 Å². The van der Waals surface area contributed by atoms with Gasteiger partial charge in [0.05, 0.1) is 19.8 Å². The van der Waals surface area contributed by atoms with E-state index in [9.17, 15) is 10.2 Å². The molecule has 4 nitrogen and oxygen atoms in total. The summed E-state index contributed by atoms with van der Waals surface area (Å²) in [5.41, 5.74) is 0.623. The van der Waals surface area contributed by atoms with Gasteiger partial charge in [0, 0.05) is 11.1 Å². The maximum atomic E-state index is 9.40. The zero-order valence-corrected chi connectivity index (χ0v) is 12.6. The largest absolute Gasteiger partial charge is 0.493 e. The topological polar surface area (TPSA) is 61.7 Å². The number of benzene rings is 1. The highest BCUT2D eigenvalue weighted by Gasteiger charge is 2.20. The standard InChI is InChI=1S/C16H27NO3/c1-3-17-16(2,13-19)10-6-7-11-20-15-9-5-4-8-14(15)12-18/h4-5,8-9,17-19H,3,6-7,10-13H2,1-2H3. The molecule has 0 amide bonds. The molecular formula is C16H27NO3. The molecule has 1 aromatic rings. The SMILES string of the molecule is CCNC(C)(CO)CCCCOc1ccccc1CO. The summed E-state index contributed by atoms with van der Waals surface area (Å²) in [6, 6.07) is 7.54. The van der Waals surface area contributed by atoms with Gasteiger partial charge in [0.25, 0.3) is 0 Å². The second-order valence-corrected chi connectivity index (χ2v) is 5.32. The van der Waals surface area contributed by atoms with Gasteiger partial charge in [0.2, 0.25) is 0 Å². The highest BCUT2D eigenvalue weighted by atomic mass is 16.5. The van der Waals surface area contributed by atoms with Crippen LogP contribution in [0.15, 0.2) is 24.3 Å². The summed E-state index contributed by atoms with van der Waals surface area (Å²) in [5, 5.41) is 21.9. The Labute approximate surface area is 121 Å². The molecule has 1 atom stereocenters. The molecule has 0 saturated carbocycles. The van der Waals surface area contributed by atoms with Gasteiger partial charge in [0.15, 0.2) is 0 Å². The van der Waals surface area contributed by atoms with Gasteiger partial charge in [-0.3, -0.25) is 0 Å². The molecule has 0 bridgehead atoms. The first-order valence-corrected chi connectivity index (χ1v) is 7.32. The molecule has 1 aromatic carbocycles. The zero-order chi connectivity index (χ0) is 14.8. The van der Waals surface area contributed by atoms with Crippen LogP contribution in [-0.4, -0.2) is 35.5 Å². The molecule has 0 spiro atoms. The summed E-state index contributed by atoms with van der Waals surface area (Å²) in [6.07, 6.45) is 2.84. The van der Waals surface area contributed by atoms with Gasteiger partial charge < -0.3 is 20.3 Å². The first-order chi connectivity index (χ1) is 9.65. The zero-order valence-electron chi connectivity index (χ0n) is 12.6. The lowest BCUT2D eigenvalue weighted by Gasteiger charge is -2.28. The fourth-order valence-corrected chi connectivity index (χ4v) is 2.22. The Kier molecular flexibility index (Phi) is 7.59. The maximum Gasteiger partial charge on any atom is 0.124 e. The van der Waals surface area contributed by atoms with Crippen LogP contribution >= 0.6 is 0 Å². The van der Waals surface area contributed by atoms with E-state index in [1.54, 1.807) is 0 Å². The summed E-state index contributed by atoms with van der Waals surface area (Å²) in [6.45, 7) is 5.72. The molecule has 1 rings (SSSR count). The Morgan fingerprint density at radius 3 is 2.60 bits per heavy atom. The van der Waals surface area contributed by atoms with Crippen LogP contribution in [-0.2, 0) is 6.61 Å². The number of rotatable bonds is 10. The third kappa shape index (κ3) is 5.49. The van der Waals surface area contributed by atoms with Crippen LogP contribution in [0.3, 0.4) is 0 Å². The Morgan fingerprint density at radius 1 is 1.20 bits per heavy atom. The van der Waals surface area contributed by atoms with Crippen molar-refractivity contribution in [2.45, 2.75) is 45.3 Å². The molecule has 0 aromatic heterocycles. The van der Waals surface area contributed by atoms with Crippen molar-refractivity contribution >= 4 is 0 Å². The molecule has 0 radical (unpaired) electrons. The first-order valence-electron chi connectivity index (χ1n) is 7.32. The molecule has 0 saturated heterocycles. The van der Waals surface area contributed by atoms with Crippen LogP contribution in [0.25, 0.3) is 0 Å². The van der Waals surface area contributed by atoms with Gasteiger partial charge in [-0.1, -0.05) is 25.1 Å². The van der Waals surface area contributed by atoms with Crippen molar-refractivity contribution in [1.82, 2.24) is 5.32 Å². The average Bonchev–Trinajstić information content (AvgIpc) is 2.47. The van der Waals surface area contributed by atoms with E-state index in [4.69, 9.17) is 4.74 Å². The van der Waals surface area contributed by atoms with Crippen LogP contribution in [0, 0.1) is 0 Å². The van der Waals surface area contributed by atoms with Crippen LogP contribution in [0.4, 0.5) is 0 Å². The molecular weight excluding hydrogens is 254 g/mol. The van der Waals surface area contributed by atoms with Crippen molar-refractivity contribution in [3.63, 3.8) is 0 Å². The van der Waals surface area contributed by atoms with Gasteiger partial charge in [-0.2, -0.15) is 0 Å². The lowest BCUT2D eigenvalue weighted by Crippen LogP contribution is -2.45. The number of aliphatic hydroxyl groups excluding tert-OH is 2. The molecule has 1 unspecified atom stereocenters. The van der Waals surface area contributed by atoms with Gasteiger partial charge >= 0.3 is 0 Å². The lowest BCUT2D eigenvalue weighted by atomic mass is 9.96. The Morgan fingerprint density at radius 2 is 1.95 bits per heavy atom. The molecule has 0 fully saturated rings. The van der Waals surface area contributed by atoms with Crippen molar-refractivity contribution in [3.05, 3.63) is 29.8 Å². The van der Waals surface area contributed by atoms with Crippen molar-refractivity contribution in [2.24, 2.45) is 0 Å². The summed E-state index contributed by atoms with van der Waals surface area (Å²) in [4.78, 5) is 0. The quantitative estimate of drug-likeness (QED) is 0.575. The molecule has 0 aliphatic heterocycles. The van der Waals surface area contributed by atoms with E-state index in [1.807, 2.05) is 38.1 Å². The lowest BCUT2D eigenvalue weighted by molar-refractivity contribution is 0.162. The van der Waals surface area contributed by atoms with Crippen molar-refractivity contribution in [1.29, 1.82) is 0 Å². The van der Waals surface area contributed by atoms with E-state index in [0.29, 0.717) is 6.61 Å². The van der Waals surface area contributed by atoms with Gasteiger partial charge in [-0.05, 0) is 38.8 Å². The monoisotopic (exact) mass is 281 g/mol. The van der Waals surface area contributed by atoms with Gasteiger partial charge in [-0.25, -0.2) is 0 Å². The van der Waals surface area contributed by atoms with Gasteiger partial charge in [0.1, 0.15) is 5.75 Å². The molecule has 0 heterocycles. The number of hydrogen-bond donors (Lipinski definition) is 3. The van der Waals surface area contributed by atoms with E-state index in [2.05, 4.69) is 5.32 Å². The van der Waals surface area contributed by atoms with E-state index in [1.165, 1.54) is 0 Å². The summed E-state index contributed by atoms with van der Waals surface area (Å²) >= 11 is 0. The molecule has 3 N–H and O–H groups in total. The molecule has 114 valence electrons. The Balaban J connectivity index is 2.28. The van der Waals surface area contributed by atoms with Crippen LogP contribution in [0.1, 0.15) is 38.7 Å². The fourth-order valence-electron chi connectivity index (χ4n) is 2.22. The predicted octanol–water partition coefficient (Wildman–Crippen LogP) is 2.09. The molecule has 0 aliphatic carbocycles. The van der Waals surface area contributed by atoms with E-state index >= 15 is 0 Å². The maximum absolute atomic E-state index is 9.40. The minimum absolute atomic E-state index is 0.000817. The van der Waals surface area contributed by atoms with Crippen molar-refractivity contribution < 1.29 is 14.9 Å². The second kappa shape index (κ2) is 8.95. The third-order valence-electron chi connectivity index (χ3n) is 3.48. The van der Waals surface area contributed by atoms with E-state index in [-0.39, 0.29) is 18.8 Å². The molecule has 20 heavy (non-hydrogen) atoms. The molecule has 0 aliphatic rings. The number of hydrogen-bond acceptors (Lipinski definition) is 4. The number of ether oxygens (including phenoxy) is 1. The van der Waals surface area contributed by atoms with E-state index < -0.39 is 0 Å². The van der Waals surface area contributed by atoms with E-state index in [0.717, 1.165) is 37.1 Å². The van der Waals surface area contributed by atoms with Crippen LogP contribution in [0.5, 0.6) is 5.75 Å². The van der Waals surface area contributed by atoms with Crippen molar-refractivity contribution in [2.75, 3.05) is 19.8 Å². The fraction of sp³-hybridized carbons (Fsp3) is 0.625. The number of aliphatic hydroxyl groups is 2. The predicted molar refractivity (Wildman–Crippen MR) is 80.9 cm³/mol. The Hall–Kier alpha value is -1.10. The summed E-state index contributed by atoms with van der Waals surface area (Å²) < 4.78 is 5.69. The van der Waals surface area contributed by atoms with Crippen molar-refractivity contribution in [3.8, 4) is 5.75 Å². The number of para-hydroxylation sites is 1. The summed E-state index contributed by atoms with van der Waals surface area (Å²) in [7, 11) is 0. The number of unbranched alkanes of at least 4 members (excludes halogenated alkanes) is 1. The second-order valence-electron chi connectivity index (χ2n) is 5.32.